The Hall–Kier alpha value is -2.24. The summed E-state index contributed by atoms with van der Waals surface area (Å²) in [5.41, 5.74) is 3.66. The summed E-state index contributed by atoms with van der Waals surface area (Å²) in [7, 11) is 0. The monoisotopic (exact) mass is 331 g/mol. The molecule has 1 atom stereocenters. The Balaban J connectivity index is 2.34. The van der Waals surface area contributed by atoms with E-state index in [1.807, 2.05) is 34.6 Å². The zero-order chi connectivity index (χ0) is 17.9. The number of Topliss-reactive ketones (excluding diaryl/α,β-unsaturated/α-hetero) is 1. The van der Waals surface area contributed by atoms with Gasteiger partial charge < -0.3 is 9.94 Å². The Morgan fingerprint density at radius 1 is 1.21 bits per heavy atom. The molecule has 0 aromatic carbocycles. The zero-order valence-corrected chi connectivity index (χ0v) is 15.0. The normalized spacial score (nSPS) is 19.0. The predicted molar refractivity (Wildman–Crippen MR) is 92.2 cm³/mol. The molecule has 0 saturated heterocycles. The van der Waals surface area contributed by atoms with Crippen LogP contribution in [-0.4, -0.2) is 33.2 Å². The van der Waals surface area contributed by atoms with Gasteiger partial charge in [0.05, 0.1) is 11.3 Å². The van der Waals surface area contributed by atoms with Gasteiger partial charge in [-0.15, -0.1) is 0 Å². The first kappa shape index (κ1) is 18.1. The summed E-state index contributed by atoms with van der Waals surface area (Å²) < 4.78 is 0. The van der Waals surface area contributed by atoms with Gasteiger partial charge in [0, 0.05) is 30.1 Å². The predicted octanol–water partition coefficient (Wildman–Crippen LogP) is 3.46. The molecule has 1 N–H and O–H groups in total. The van der Waals surface area contributed by atoms with Gasteiger partial charge in [0.25, 0.3) is 0 Å². The first-order chi connectivity index (χ1) is 11.4. The van der Waals surface area contributed by atoms with Gasteiger partial charge in [-0.25, -0.2) is 9.97 Å². The number of ketones is 1. The summed E-state index contributed by atoms with van der Waals surface area (Å²) >= 11 is 0. The number of aryl methyl sites for hydroxylation is 2. The van der Waals surface area contributed by atoms with Crippen molar-refractivity contribution < 1.29 is 14.7 Å². The number of rotatable bonds is 5. The maximum Gasteiger partial charge on any atom is 0.168 e. The highest BCUT2D eigenvalue weighted by atomic mass is 16.6. The summed E-state index contributed by atoms with van der Waals surface area (Å²) in [5.74, 6) is 0.332. The topological polar surface area (TPSA) is 84.7 Å². The van der Waals surface area contributed by atoms with Crippen LogP contribution in [0.2, 0.25) is 0 Å². The van der Waals surface area contributed by atoms with Crippen LogP contribution in [-0.2, 0) is 9.63 Å². The van der Waals surface area contributed by atoms with Crippen molar-refractivity contribution in [3.63, 3.8) is 0 Å². The van der Waals surface area contributed by atoms with Crippen molar-refractivity contribution in [3.8, 4) is 0 Å². The molecule has 130 valence electrons. The van der Waals surface area contributed by atoms with E-state index in [-0.39, 0.29) is 23.9 Å². The molecule has 1 aromatic heterocycles. The van der Waals surface area contributed by atoms with E-state index in [1.165, 1.54) is 0 Å². The van der Waals surface area contributed by atoms with E-state index in [9.17, 15) is 9.90 Å². The molecule has 1 heterocycles. The van der Waals surface area contributed by atoms with Crippen molar-refractivity contribution in [1.29, 1.82) is 0 Å². The molecule has 1 aromatic rings. The molecular formula is C18H25N3O3. The molecule has 1 aliphatic rings. The quantitative estimate of drug-likeness (QED) is 0.659. The van der Waals surface area contributed by atoms with E-state index >= 15 is 0 Å². The summed E-state index contributed by atoms with van der Waals surface area (Å²) in [6.07, 6.45) is 1.13. The second kappa shape index (κ2) is 7.55. The lowest BCUT2D eigenvalue weighted by Crippen LogP contribution is -2.25. The van der Waals surface area contributed by atoms with Crippen LogP contribution in [0, 0.1) is 20.8 Å². The van der Waals surface area contributed by atoms with Gasteiger partial charge in [-0.2, -0.15) is 0 Å². The van der Waals surface area contributed by atoms with Gasteiger partial charge >= 0.3 is 0 Å². The SMILES string of the molecule is CCO/N=C(\CC)C1=C(O)CC(c2nc(C)c(C)c(C)n2)CC1=O. The summed E-state index contributed by atoms with van der Waals surface area (Å²) in [6, 6.07) is 0. The molecule has 24 heavy (non-hydrogen) atoms. The molecular weight excluding hydrogens is 306 g/mol. The highest BCUT2D eigenvalue weighted by Gasteiger charge is 2.32. The van der Waals surface area contributed by atoms with E-state index in [2.05, 4.69) is 15.1 Å². The van der Waals surface area contributed by atoms with E-state index in [0.717, 1.165) is 17.0 Å². The number of allylic oxidation sites excluding steroid dienone is 2. The number of nitrogens with zero attached hydrogens (tertiary/aromatic N) is 3. The highest BCUT2D eigenvalue weighted by molar-refractivity contribution is 6.23. The minimum absolute atomic E-state index is 0.0519. The molecule has 6 heteroatoms. The van der Waals surface area contributed by atoms with Gasteiger partial charge in [0.15, 0.2) is 5.78 Å². The summed E-state index contributed by atoms with van der Waals surface area (Å²) in [6.45, 7) is 9.97. The van der Waals surface area contributed by atoms with Crippen LogP contribution in [0.25, 0.3) is 0 Å². The molecule has 2 rings (SSSR count). The van der Waals surface area contributed by atoms with Crippen molar-refractivity contribution in [2.24, 2.45) is 5.16 Å². The van der Waals surface area contributed by atoms with Crippen LogP contribution in [0.5, 0.6) is 0 Å². The smallest absolute Gasteiger partial charge is 0.168 e. The lowest BCUT2D eigenvalue weighted by Gasteiger charge is -2.23. The molecule has 0 saturated carbocycles. The van der Waals surface area contributed by atoms with E-state index < -0.39 is 0 Å². The Morgan fingerprint density at radius 2 is 1.83 bits per heavy atom. The number of carbonyl (C=O) groups excluding carboxylic acids is 1. The fraction of sp³-hybridized carbons (Fsp3) is 0.556. The first-order valence-electron chi connectivity index (χ1n) is 8.35. The third-order valence-electron chi connectivity index (χ3n) is 4.38. The van der Waals surface area contributed by atoms with Gasteiger partial charge in [0.2, 0.25) is 0 Å². The average molecular weight is 331 g/mol. The maximum atomic E-state index is 12.6. The Morgan fingerprint density at radius 3 is 2.33 bits per heavy atom. The molecule has 0 radical (unpaired) electrons. The number of hydrogen-bond donors (Lipinski definition) is 1. The number of aliphatic hydroxyl groups excluding tert-OH is 1. The van der Waals surface area contributed by atoms with Gasteiger partial charge in [0.1, 0.15) is 18.2 Å². The van der Waals surface area contributed by atoms with Gasteiger partial charge in [-0.3, -0.25) is 4.79 Å². The van der Waals surface area contributed by atoms with Crippen LogP contribution in [0.4, 0.5) is 0 Å². The molecule has 1 unspecified atom stereocenters. The third kappa shape index (κ3) is 3.63. The molecule has 0 bridgehead atoms. The Kier molecular flexibility index (Phi) is 5.70. The maximum absolute atomic E-state index is 12.6. The van der Waals surface area contributed by atoms with Crippen LogP contribution in [0.3, 0.4) is 0 Å². The van der Waals surface area contributed by atoms with E-state index in [0.29, 0.717) is 36.6 Å². The second-order valence-electron chi connectivity index (χ2n) is 6.04. The number of carbonyl (C=O) groups is 1. The molecule has 6 nitrogen and oxygen atoms in total. The van der Waals surface area contributed by atoms with E-state index in [4.69, 9.17) is 4.84 Å². The fourth-order valence-corrected chi connectivity index (χ4v) is 2.81. The van der Waals surface area contributed by atoms with Crippen LogP contribution in [0.15, 0.2) is 16.5 Å². The van der Waals surface area contributed by atoms with Crippen LogP contribution < -0.4 is 0 Å². The third-order valence-corrected chi connectivity index (χ3v) is 4.38. The largest absolute Gasteiger partial charge is 0.511 e. The van der Waals surface area contributed by atoms with Gasteiger partial charge in [-0.05, 0) is 39.7 Å². The zero-order valence-electron chi connectivity index (χ0n) is 15.0. The Bertz CT molecular complexity index is 684. The summed E-state index contributed by atoms with van der Waals surface area (Å²) in [4.78, 5) is 26.7. The van der Waals surface area contributed by atoms with Crippen molar-refractivity contribution >= 4 is 11.5 Å². The number of aliphatic hydroxyl groups is 1. The van der Waals surface area contributed by atoms with Crippen molar-refractivity contribution in [1.82, 2.24) is 9.97 Å². The number of hydrogen-bond acceptors (Lipinski definition) is 6. The average Bonchev–Trinajstić information content (AvgIpc) is 2.54. The van der Waals surface area contributed by atoms with Crippen LogP contribution >= 0.6 is 0 Å². The van der Waals surface area contributed by atoms with Crippen molar-refractivity contribution in [3.05, 3.63) is 34.1 Å². The number of aromatic nitrogens is 2. The Labute approximate surface area is 142 Å². The fourth-order valence-electron chi connectivity index (χ4n) is 2.81. The summed E-state index contributed by atoms with van der Waals surface area (Å²) in [5, 5.41) is 14.4. The number of oxime groups is 1. The second-order valence-corrected chi connectivity index (χ2v) is 6.04. The lowest BCUT2D eigenvalue weighted by molar-refractivity contribution is -0.116. The molecule has 0 amide bonds. The standard InChI is InChI=1S/C18H25N3O3/c1-6-14(21-24-7-2)17-15(22)8-13(9-16(17)23)18-19-11(4)10(3)12(5)20-18/h13,22H,6-9H2,1-5H3/b21-14+. The molecule has 0 spiro atoms. The van der Waals surface area contributed by atoms with Crippen LogP contribution in [0.1, 0.15) is 61.8 Å². The molecule has 0 aliphatic heterocycles. The highest BCUT2D eigenvalue weighted by Crippen LogP contribution is 2.33. The molecule has 0 fully saturated rings. The molecule has 1 aliphatic carbocycles. The van der Waals surface area contributed by atoms with Crippen molar-refractivity contribution in [2.75, 3.05) is 6.61 Å². The van der Waals surface area contributed by atoms with E-state index in [1.54, 1.807) is 0 Å². The lowest BCUT2D eigenvalue weighted by atomic mass is 9.84. The van der Waals surface area contributed by atoms with Gasteiger partial charge in [-0.1, -0.05) is 12.1 Å². The minimum Gasteiger partial charge on any atom is -0.511 e. The van der Waals surface area contributed by atoms with Crippen molar-refractivity contribution in [2.45, 2.75) is 59.8 Å². The first-order valence-corrected chi connectivity index (χ1v) is 8.35. The minimum atomic E-state index is -0.204.